The Morgan fingerprint density at radius 1 is 1.41 bits per heavy atom. The summed E-state index contributed by atoms with van der Waals surface area (Å²) in [5, 5.41) is 10.6. The number of rotatable bonds is 3. The molecule has 1 rings (SSSR count). The van der Waals surface area contributed by atoms with Crippen molar-refractivity contribution in [1.29, 1.82) is 0 Å². The lowest BCUT2D eigenvalue weighted by atomic mass is 10.1. The first-order valence-electron chi connectivity index (χ1n) is 4.22. The highest BCUT2D eigenvalue weighted by Crippen LogP contribution is 2.33. The molecule has 0 heterocycles. The first-order valence-corrected chi connectivity index (χ1v) is 4.75. The van der Waals surface area contributed by atoms with E-state index in [4.69, 9.17) is 11.6 Å². The number of carbonyl (C=O) groups is 1. The van der Waals surface area contributed by atoms with Gasteiger partial charge < -0.3 is 0 Å². The van der Waals surface area contributed by atoms with E-state index < -0.39 is 39.6 Å². The fourth-order valence-corrected chi connectivity index (χ4v) is 1.31. The zero-order valence-electron chi connectivity index (χ0n) is 8.12. The van der Waals surface area contributed by atoms with E-state index in [2.05, 4.69) is 0 Å². The maximum Gasteiger partial charge on any atom is 0.416 e. The van der Waals surface area contributed by atoms with Crippen molar-refractivity contribution in [2.24, 2.45) is 0 Å². The van der Waals surface area contributed by atoms with Gasteiger partial charge in [0.2, 0.25) is 0 Å². The quantitative estimate of drug-likeness (QED) is 0.366. The summed E-state index contributed by atoms with van der Waals surface area (Å²) < 4.78 is 36.9. The van der Waals surface area contributed by atoms with Gasteiger partial charge in [0, 0.05) is 6.07 Å². The number of hydrogen-bond acceptors (Lipinski definition) is 3. The zero-order valence-corrected chi connectivity index (χ0v) is 8.88. The van der Waals surface area contributed by atoms with Gasteiger partial charge in [0.1, 0.15) is 0 Å². The van der Waals surface area contributed by atoms with Gasteiger partial charge in [-0.1, -0.05) is 0 Å². The Hall–Kier alpha value is -1.63. The number of nitro benzene ring substituents is 1. The summed E-state index contributed by atoms with van der Waals surface area (Å²) >= 11 is 5.20. The minimum atomic E-state index is -4.70. The van der Waals surface area contributed by atoms with Crippen molar-refractivity contribution in [3.8, 4) is 0 Å². The van der Waals surface area contributed by atoms with Gasteiger partial charge in [0.05, 0.1) is 21.9 Å². The first-order chi connectivity index (χ1) is 7.77. The number of halogens is 4. The highest BCUT2D eigenvalue weighted by Gasteiger charge is 2.33. The van der Waals surface area contributed by atoms with Crippen molar-refractivity contribution >= 4 is 23.1 Å². The zero-order chi connectivity index (χ0) is 13.2. The molecular weight excluding hydrogens is 263 g/mol. The van der Waals surface area contributed by atoms with Crippen molar-refractivity contribution in [2.75, 3.05) is 5.88 Å². The molecule has 8 heteroatoms. The summed E-state index contributed by atoms with van der Waals surface area (Å²) in [6, 6.07) is 1.68. The molecule has 0 N–H and O–H groups in total. The van der Waals surface area contributed by atoms with Crippen LogP contribution in [0.15, 0.2) is 18.2 Å². The molecule has 0 aliphatic carbocycles. The second-order valence-corrected chi connectivity index (χ2v) is 3.31. The first kappa shape index (κ1) is 13.4. The number of carbonyl (C=O) groups excluding carboxylic acids is 1. The summed E-state index contributed by atoms with van der Waals surface area (Å²) in [5.41, 5.74) is -2.52. The molecule has 1 aromatic carbocycles. The van der Waals surface area contributed by atoms with E-state index in [0.717, 1.165) is 6.07 Å². The van der Waals surface area contributed by atoms with E-state index in [-0.39, 0.29) is 0 Å². The van der Waals surface area contributed by atoms with Crippen LogP contribution in [0.4, 0.5) is 18.9 Å². The lowest BCUT2D eigenvalue weighted by molar-refractivity contribution is -0.385. The normalized spacial score (nSPS) is 11.3. The number of nitro groups is 1. The lowest BCUT2D eigenvalue weighted by Gasteiger charge is -2.07. The van der Waals surface area contributed by atoms with Crippen LogP contribution in [0.25, 0.3) is 0 Å². The second kappa shape index (κ2) is 4.70. The number of Topliss-reactive ketones (excluding diaryl/α,β-unsaturated/α-hetero) is 1. The Labute approximate surface area is 98.1 Å². The largest absolute Gasteiger partial charge is 0.416 e. The molecule has 92 valence electrons. The Morgan fingerprint density at radius 2 is 2.00 bits per heavy atom. The topological polar surface area (TPSA) is 60.2 Å². The third-order valence-electron chi connectivity index (χ3n) is 1.94. The molecule has 0 aliphatic heterocycles. The molecule has 1 aromatic rings. The molecule has 0 aliphatic rings. The van der Waals surface area contributed by atoms with Crippen molar-refractivity contribution < 1.29 is 22.9 Å². The van der Waals surface area contributed by atoms with Gasteiger partial charge in [0.25, 0.3) is 5.69 Å². The Kier molecular flexibility index (Phi) is 3.72. The van der Waals surface area contributed by atoms with Gasteiger partial charge in [-0.3, -0.25) is 14.9 Å². The molecule has 0 amide bonds. The average molecular weight is 268 g/mol. The summed E-state index contributed by atoms with van der Waals surface area (Å²) in [6.45, 7) is 0. The smallest absolute Gasteiger partial charge is 0.293 e. The SMILES string of the molecule is O=C(CCl)c1ccc(C(F)(F)F)cc1[N+](=O)[O-]. The van der Waals surface area contributed by atoms with Crippen LogP contribution in [-0.4, -0.2) is 16.6 Å². The highest BCUT2D eigenvalue weighted by molar-refractivity contribution is 6.31. The van der Waals surface area contributed by atoms with Gasteiger partial charge >= 0.3 is 6.18 Å². The van der Waals surface area contributed by atoms with Crippen LogP contribution in [0.2, 0.25) is 0 Å². The summed E-state index contributed by atoms with van der Waals surface area (Å²) in [4.78, 5) is 20.7. The molecule has 17 heavy (non-hydrogen) atoms. The van der Waals surface area contributed by atoms with Crippen molar-refractivity contribution in [2.45, 2.75) is 6.18 Å². The molecule has 0 aromatic heterocycles. The fourth-order valence-electron chi connectivity index (χ4n) is 1.17. The van der Waals surface area contributed by atoms with Crippen LogP contribution in [0.3, 0.4) is 0 Å². The van der Waals surface area contributed by atoms with Crippen molar-refractivity contribution in [3.05, 3.63) is 39.4 Å². The fraction of sp³-hybridized carbons (Fsp3) is 0.222. The maximum atomic E-state index is 12.3. The van der Waals surface area contributed by atoms with E-state index in [1.807, 2.05) is 0 Å². The Balaban J connectivity index is 3.37. The molecule has 0 atom stereocenters. The van der Waals surface area contributed by atoms with Gasteiger partial charge in [-0.05, 0) is 12.1 Å². The molecule has 0 bridgehead atoms. The number of nitrogens with zero attached hydrogens (tertiary/aromatic N) is 1. The molecule has 4 nitrogen and oxygen atoms in total. The highest BCUT2D eigenvalue weighted by atomic mass is 35.5. The Bertz CT molecular complexity index is 473. The number of hydrogen-bond donors (Lipinski definition) is 0. The van der Waals surface area contributed by atoms with Crippen LogP contribution in [0.1, 0.15) is 15.9 Å². The van der Waals surface area contributed by atoms with Crippen LogP contribution < -0.4 is 0 Å². The van der Waals surface area contributed by atoms with E-state index in [0.29, 0.717) is 12.1 Å². The molecule has 0 fully saturated rings. The van der Waals surface area contributed by atoms with E-state index >= 15 is 0 Å². The third kappa shape index (κ3) is 2.94. The third-order valence-corrected chi connectivity index (χ3v) is 2.19. The number of ketones is 1. The van der Waals surface area contributed by atoms with E-state index in [1.165, 1.54) is 0 Å². The van der Waals surface area contributed by atoms with Crippen LogP contribution >= 0.6 is 11.6 Å². The molecule has 0 saturated carbocycles. The van der Waals surface area contributed by atoms with Gasteiger partial charge in [-0.15, -0.1) is 11.6 Å². The van der Waals surface area contributed by atoms with E-state index in [9.17, 15) is 28.1 Å². The Morgan fingerprint density at radius 3 is 2.41 bits per heavy atom. The van der Waals surface area contributed by atoms with Crippen LogP contribution in [-0.2, 0) is 6.18 Å². The van der Waals surface area contributed by atoms with Crippen LogP contribution in [0, 0.1) is 10.1 Å². The summed E-state index contributed by atoms with van der Waals surface area (Å²) in [6.07, 6.45) is -4.70. The minimum Gasteiger partial charge on any atom is -0.293 e. The number of benzene rings is 1. The minimum absolute atomic E-state index is 0.319. The predicted octanol–water partition coefficient (Wildman–Crippen LogP) is 3.04. The van der Waals surface area contributed by atoms with Crippen molar-refractivity contribution in [3.63, 3.8) is 0 Å². The predicted molar refractivity (Wildman–Crippen MR) is 53.1 cm³/mol. The molecular formula is C9H5ClF3NO3. The monoisotopic (exact) mass is 267 g/mol. The maximum absolute atomic E-state index is 12.3. The number of alkyl halides is 4. The van der Waals surface area contributed by atoms with Gasteiger partial charge in [-0.2, -0.15) is 13.2 Å². The van der Waals surface area contributed by atoms with Crippen LogP contribution in [0.5, 0.6) is 0 Å². The molecule has 0 saturated heterocycles. The second-order valence-electron chi connectivity index (χ2n) is 3.04. The summed E-state index contributed by atoms with van der Waals surface area (Å²) in [7, 11) is 0. The van der Waals surface area contributed by atoms with E-state index in [1.54, 1.807) is 0 Å². The van der Waals surface area contributed by atoms with Gasteiger partial charge in [0.15, 0.2) is 5.78 Å². The molecule has 0 spiro atoms. The molecule has 0 radical (unpaired) electrons. The lowest BCUT2D eigenvalue weighted by Crippen LogP contribution is -2.10. The van der Waals surface area contributed by atoms with Crippen molar-refractivity contribution in [1.82, 2.24) is 0 Å². The average Bonchev–Trinajstić information content (AvgIpc) is 2.25. The summed E-state index contributed by atoms with van der Waals surface area (Å²) in [5.74, 6) is -1.33. The van der Waals surface area contributed by atoms with Gasteiger partial charge in [-0.25, -0.2) is 0 Å². The standard InChI is InChI=1S/C9H5ClF3NO3/c10-4-8(15)6-2-1-5(9(11,12)13)3-7(6)14(16)17/h1-3H,4H2. The molecule has 0 unspecified atom stereocenters.